The first-order chi connectivity index (χ1) is 9.11. The van der Waals surface area contributed by atoms with Crippen molar-refractivity contribution in [2.45, 2.75) is 25.8 Å². The Bertz CT molecular complexity index is 463. The molecule has 0 saturated carbocycles. The van der Waals surface area contributed by atoms with E-state index in [2.05, 4.69) is 31.2 Å². The van der Waals surface area contributed by atoms with Crippen LogP contribution in [0.1, 0.15) is 19.8 Å². The Morgan fingerprint density at radius 2 is 2.21 bits per heavy atom. The second-order valence-corrected chi connectivity index (χ2v) is 5.30. The quantitative estimate of drug-likeness (QED) is 0.910. The molecule has 1 aliphatic heterocycles. The van der Waals surface area contributed by atoms with Crippen molar-refractivity contribution in [1.82, 2.24) is 14.9 Å². The first kappa shape index (κ1) is 14.0. The summed E-state index contributed by atoms with van der Waals surface area (Å²) in [6.45, 7) is 3.50. The van der Waals surface area contributed by atoms with Gasteiger partial charge >= 0.3 is 0 Å². The average molecular weight is 329 g/mol. The lowest BCUT2D eigenvalue weighted by Gasteiger charge is -2.21. The van der Waals surface area contributed by atoms with E-state index in [9.17, 15) is 4.79 Å². The second-order valence-electron chi connectivity index (χ2n) is 4.45. The average Bonchev–Trinajstić information content (AvgIpc) is 2.94. The van der Waals surface area contributed by atoms with Crippen LogP contribution in [0.2, 0.25) is 0 Å². The molecule has 0 spiro atoms. The number of nitrogens with zero attached hydrogens (tertiary/aromatic N) is 3. The number of halogens is 1. The Morgan fingerprint density at radius 1 is 1.53 bits per heavy atom. The molecule has 1 aromatic rings. The largest absolute Gasteiger partial charge is 0.480 e. The maximum atomic E-state index is 12.1. The maximum absolute atomic E-state index is 12.1. The van der Waals surface area contributed by atoms with Crippen LogP contribution in [0.3, 0.4) is 0 Å². The summed E-state index contributed by atoms with van der Waals surface area (Å²) in [5.41, 5.74) is 0. The van der Waals surface area contributed by atoms with Crippen molar-refractivity contribution in [3.05, 3.63) is 10.7 Å². The van der Waals surface area contributed by atoms with Gasteiger partial charge in [-0.05, 0) is 35.7 Å². The lowest BCUT2D eigenvalue weighted by Crippen LogP contribution is -2.40. The lowest BCUT2D eigenvalue weighted by molar-refractivity contribution is -0.130. The van der Waals surface area contributed by atoms with Crippen molar-refractivity contribution in [2.75, 3.05) is 25.5 Å². The predicted octanol–water partition coefficient (Wildman–Crippen LogP) is 1.67. The van der Waals surface area contributed by atoms with Gasteiger partial charge in [0, 0.05) is 13.1 Å². The third kappa shape index (κ3) is 3.34. The fraction of sp³-hybridized carbons (Fsp3) is 0.583. The van der Waals surface area contributed by atoms with Gasteiger partial charge in [0.15, 0.2) is 0 Å². The van der Waals surface area contributed by atoms with Crippen LogP contribution in [-0.2, 0) is 4.79 Å². The summed E-state index contributed by atoms with van der Waals surface area (Å²) in [4.78, 5) is 22.3. The monoisotopic (exact) mass is 328 g/mol. The zero-order valence-corrected chi connectivity index (χ0v) is 12.6. The van der Waals surface area contributed by atoms with Gasteiger partial charge in [-0.15, -0.1) is 0 Å². The molecular formula is C12H17BrN4O2. The third-order valence-corrected chi connectivity index (χ3v) is 3.58. The van der Waals surface area contributed by atoms with Crippen LogP contribution in [0, 0.1) is 0 Å². The highest BCUT2D eigenvalue weighted by Gasteiger charge is 2.23. The Labute approximate surface area is 120 Å². The summed E-state index contributed by atoms with van der Waals surface area (Å²) in [6, 6.07) is -0.344. The van der Waals surface area contributed by atoms with Crippen LogP contribution in [0.15, 0.2) is 10.7 Å². The Balaban J connectivity index is 2.01. The number of aromatic nitrogens is 2. The molecule has 1 saturated heterocycles. The predicted molar refractivity (Wildman–Crippen MR) is 75.2 cm³/mol. The summed E-state index contributed by atoms with van der Waals surface area (Å²) in [5, 5.41) is 3.01. The van der Waals surface area contributed by atoms with Gasteiger partial charge in [-0.25, -0.2) is 4.98 Å². The standard InChI is InChI=1S/C12H17BrN4O2/c1-8(11(18)17-5-3-4-6-17)15-12-14-7-9(13)10(16-12)19-2/h7-8H,3-6H2,1-2H3,(H,14,15,16). The molecule has 1 N–H and O–H groups in total. The third-order valence-electron chi connectivity index (χ3n) is 3.04. The van der Waals surface area contributed by atoms with E-state index < -0.39 is 0 Å². The number of anilines is 1. The zero-order valence-electron chi connectivity index (χ0n) is 11.0. The van der Waals surface area contributed by atoms with Crippen LogP contribution >= 0.6 is 15.9 Å². The summed E-state index contributed by atoms with van der Waals surface area (Å²) >= 11 is 3.29. The molecule has 0 bridgehead atoms. The fourth-order valence-electron chi connectivity index (χ4n) is 2.03. The molecule has 1 aliphatic rings. The minimum atomic E-state index is -0.344. The molecule has 1 fully saturated rings. The Kier molecular flexibility index (Phi) is 4.57. The summed E-state index contributed by atoms with van der Waals surface area (Å²) in [7, 11) is 1.54. The summed E-state index contributed by atoms with van der Waals surface area (Å²) in [6.07, 6.45) is 3.77. The van der Waals surface area contributed by atoms with Crippen LogP contribution < -0.4 is 10.1 Å². The number of ether oxygens (including phenoxy) is 1. The highest BCUT2D eigenvalue weighted by molar-refractivity contribution is 9.10. The Morgan fingerprint density at radius 3 is 2.84 bits per heavy atom. The molecule has 1 aromatic heterocycles. The number of carbonyl (C=O) groups excluding carboxylic acids is 1. The topological polar surface area (TPSA) is 67.3 Å². The minimum absolute atomic E-state index is 0.0861. The van der Waals surface area contributed by atoms with Crippen molar-refractivity contribution in [1.29, 1.82) is 0 Å². The number of amides is 1. The molecule has 2 heterocycles. The molecule has 1 amide bonds. The lowest BCUT2D eigenvalue weighted by atomic mass is 10.3. The van der Waals surface area contributed by atoms with Crippen molar-refractivity contribution in [3.63, 3.8) is 0 Å². The molecule has 0 aliphatic carbocycles. The SMILES string of the molecule is COc1nc(NC(C)C(=O)N2CCCC2)ncc1Br. The molecule has 0 aromatic carbocycles. The van der Waals surface area contributed by atoms with E-state index >= 15 is 0 Å². The normalized spacial score (nSPS) is 16.3. The van der Waals surface area contributed by atoms with Gasteiger partial charge in [-0.1, -0.05) is 0 Å². The van der Waals surface area contributed by atoms with Gasteiger partial charge < -0.3 is 15.0 Å². The molecule has 7 heteroatoms. The number of hydrogen-bond donors (Lipinski definition) is 1. The maximum Gasteiger partial charge on any atom is 0.244 e. The molecule has 0 radical (unpaired) electrons. The minimum Gasteiger partial charge on any atom is -0.480 e. The van der Waals surface area contributed by atoms with E-state index in [4.69, 9.17) is 4.74 Å². The molecule has 6 nitrogen and oxygen atoms in total. The van der Waals surface area contributed by atoms with Gasteiger partial charge in [0.2, 0.25) is 17.7 Å². The second kappa shape index (κ2) is 6.18. The first-order valence-corrected chi connectivity index (χ1v) is 7.03. The number of methoxy groups -OCH3 is 1. The van der Waals surface area contributed by atoms with E-state index in [0.29, 0.717) is 16.3 Å². The van der Waals surface area contributed by atoms with Gasteiger partial charge in [-0.2, -0.15) is 4.98 Å². The molecule has 1 atom stereocenters. The number of rotatable bonds is 4. The van der Waals surface area contributed by atoms with Crippen molar-refractivity contribution < 1.29 is 9.53 Å². The Hall–Kier alpha value is -1.37. The fourth-order valence-corrected chi connectivity index (χ4v) is 2.38. The number of carbonyl (C=O) groups is 1. The van der Waals surface area contributed by atoms with Gasteiger partial charge in [0.25, 0.3) is 0 Å². The van der Waals surface area contributed by atoms with E-state index in [1.165, 1.54) is 7.11 Å². The first-order valence-electron chi connectivity index (χ1n) is 6.23. The van der Waals surface area contributed by atoms with Crippen LogP contribution in [0.4, 0.5) is 5.95 Å². The van der Waals surface area contributed by atoms with E-state index in [1.807, 2.05) is 11.8 Å². The molecule has 2 rings (SSSR count). The number of nitrogens with one attached hydrogen (secondary N) is 1. The van der Waals surface area contributed by atoms with Crippen molar-refractivity contribution in [3.8, 4) is 5.88 Å². The van der Waals surface area contributed by atoms with Crippen LogP contribution in [0.5, 0.6) is 5.88 Å². The number of hydrogen-bond acceptors (Lipinski definition) is 5. The number of likely N-dealkylation sites (tertiary alicyclic amines) is 1. The van der Waals surface area contributed by atoms with E-state index in [1.54, 1.807) is 6.20 Å². The zero-order chi connectivity index (χ0) is 13.8. The van der Waals surface area contributed by atoms with Crippen molar-refractivity contribution in [2.24, 2.45) is 0 Å². The summed E-state index contributed by atoms with van der Waals surface area (Å²) in [5.74, 6) is 0.918. The van der Waals surface area contributed by atoms with E-state index in [-0.39, 0.29) is 11.9 Å². The van der Waals surface area contributed by atoms with Gasteiger partial charge in [0.1, 0.15) is 6.04 Å². The smallest absolute Gasteiger partial charge is 0.244 e. The summed E-state index contributed by atoms with van der Waals surface area (Å²) < 4.78 is 5.77. The van der Waals surface area contributed by atoms with Gasteiger partial charge in [0.05, 0.1) is 17.8 Å². The highest BCUT2D eigenvalue weighted by Crippen LogP contribution is 2.22. The molecular weight excluding hydrogens is 312 g/mol. The highest BCUT2D eigenvalue weighted by atomic mass is 79.9. The van der Waals surface area contributed by atoms with Crippen molar-refractivity contribution >= 4 is 27.8 Å². The van der Waals surface area contributed by atoms with Gasteiger partial charge in [-0.3, -0.25) is 4.79 Å². The van der Waals surface area contributed by atoms with E-state index in [0.717, 1.165) is 25.9 Å². The molecule has 104 valence electrons. The molecule has 1 unspecified atom stereocenters. The van der Waals surface area contributed by atoms with Crippen LogP contribution in [0.25, 0.3) is 0 Å². The van der Waals surface area contributed by atoms with Crippen LogP contribution in [-0.4, -0.2) is 47.0 Å². The molecule has 19 heavy (non-hydrogen) atoms.